The van der Waals surface area contributed by atoms with Crippen LogP contribution in [0.5, 0.6) is 0 Å². The minimum absolute atomic E-state index is 0.117. The highest BCUT2D eigenvalue weighted by atomic mass is 16.9. The quantitative estimate of drug-likeness (QED) is 0.531. The topological polar surface area (TPSA) is 128 Å². The summed E-state index contributed by atoms with van der Waals surface area (Å²) in [4.78, 5) is 43.7. The molecule has 0 aliphatic rings. The Morgan fingerprint density at radius 3 is 2.58 bits per heavy atom. The molecule has 0 fully saturated rings. The van der Waals surface area contributed by atoms with E-state index in [0.717, 1.165) is 4.68 Å². The second-order valence-electron chi connectivity index (χ2n) is 5.11. The van der Waals surface area contributed by atoms with E-state index in [9.17, 15) is 19.7 Å². The van der Waals surface area contributed by atoms with Crippen LogP contribution in [0.4, 0.5) is 10.5 Å². The van der Waals surface area contributed by atoms with Crippen molar-refractivity contribution in [2.45, 2.75) is 6.61 Å². The van der Waals surface area contributed by atoms with E-state index in [4.69, 9.17) is 0 Å². The second kappa shape index (κ2) is 7.30. The van der Waals surface area contributed by atoms with E-state index in [0.29, 0.717) is 11.2 Å². The molecule has 10 nitrogen and oxygen atoms in total. The first-order chi connectivity index (χ1) is 12.5. The lowest BCUT2D eigenvalue weighted by Crippen LogP contribution is -2.38. The van der Waals surface area contributed by atoms with Crippen molar-refractivity contribution in [1.82, 2.24) is 9.66 Å². The third-order valence-corrected chi connectivity index (χ3v) is 3.39. The molecule has 3 rings (SSSR count). The summed E-state index contributed by atoms with van der Waals surface area (Å²) >= 11 is 0. The Labute approximate surface area is 146 Å². The molecule has 10 heteroatoms. The fraction of sp³-hybridized carbons (Fsp3) is 0.0625. The molecule has 0 radical (unpaired) electrons. The van der Waals surface area contributed by atoms with E-state index < -0.39 is 23.3 Å². The molecular weight excluding hydrogens is 342 g/mol. The predicted molar refractivity (Wildman–Crippen MR) is 92.6 cm³/mol. The van der Waals surface area contributed by atoms with Crippen LogP contribution in [0.3, 0.4) is 0 Å². The molecule has 1 heterocycles. The molecule has 1 aromatic heterocycles. The number of fused-ring (bicyclic) bond motifs is 1. The van der Waals surface area contributed by atoms with Gasteiger partial charge in [-0.3, -0.25) is 4.79 Å². The van der Waals surface area contributed by atoms with Crippen molar-refractivity contribution >= 4 is 22.6 Å². The van der Waals surface area contributed by atoms with Crippen molar-refractivity contribution in [2.24, 2.45) is 0 Å². The van der Waals surface area contributed by atoms with Crippen LogP contribution in [-0.4, -0.2) is 20.8 Å². The number of hydrogen-bond acceptors (Lipinski definition) is 6. The van der Waals surface area contributed by atoms with E-state index in [2.05, 4.69) is 20.6 Å². The molecule has 0 unspecified atom stereocenters. The summed E-state index contributed by atoms with van der Waals surface area (Å²) in [6, 6.07) is 14.3. The highest BCUT2D eigenvalue weighted by Gasteiger charge is 2.14. The van der Waals surface area contributed by atoms with Crippen LogP contribution in [0.2, 0.25) is 0 Å². The number of nitrogens with zero attached hydrogens (tertiary/aromatic N) is 3. The van der Waals surface area contributed by atoms with E-state index >= 15 is 0 Å². The standard InChI is InChI=1S/C16H13N5O5/c22-15-12-8-4-5-9-13(12)18-14(10-26-21(24)25)20(15)19-16(23)17-11-6-2-1-3-7-11/h1-9H,10H2,(H2,17,19,23). The Morgan fingerprint density at radius 2 is 1.85 bits per heavy atom. The van der Waals surface area contributed by atoms with Crippen molar-refractivity contribution in [3.05, 3.63) is 80.9 Å². The molecule has 0 atom stereocenters. The van der Waals surface area contributed by atoms with Crippen LogP contribution in [0.25, 0.3) is 10.9 Å². The van der Waals surface area contributed by atoms with Gasteiger partial charge in [0.25, 0.3) is 10.6 Å². The van der Waals surface area contributed by atoms with E-state index in [1.807, 2.05) is 0 Å². The van der Waals surface area contributed by atoms with Gasteiger partial charge in [0.2, 0.25) is 0 Å². The normalized spacial score (nSPS) is 10.3. The average molecular weight is 355 g/mol. The molecule has 0 saturated heterocycles. The molecule has 0 bridgehead atoms. The molecule has 0 aliphatic carbocycles. The van der Waals surface area contributed by atoms with Crippen LogP contribution >= 0.6 is 0 Å². The number of rotatable bonds is 5. The number of amides is 2. The summed E-state index contributed by atoms with van der Waals surface area (Å²) < 4.78 is 0.824. The van der Waals surface area contributed by atoms with Crippen molar-refractivity contribution < 1.29 is 14.7 Å². The van der Waals surface area contributed by atoms with Gasteiger partial charge in [0.15, 0.2) is 12.4 Å². The van der Waals surface area contributed by atoms with Gasteiger partial charge >= 0.3 is 6.03 Å². The SMILES string of the molecule is O=C(Nc1ccccc1)Nn1c(CO[N+](=O)[O-])nc2ccccc2c1=O. The van der Waals surface area contributed by atoms with Gasteiger partial charge in [-0.05, 0) is 24.3 Å². The van der Waals surface area contributed by atoms with E-state index in [-0.39, 0.29) is 11.2 Å². The lowest BCUT2D eigenvalue weighted by molar-refractivity contribution is -0.763. The lowest BCUT2D eigenvalue weighted by Gasteiger charge is -2.14. The van der Waals surface area contributed by atoms with Crippen molar-refractivity contribution in [3.63, 3.8) is 0 Å². The zero-order valence-corrected chi connectivity index (χ0v) is 13.3. The molecule has 2 amide bonds. The average Bonchev–Trinajstić information content (AvgIpc) is 2.63. The molecule has 0 saturated carbocycles. The monoisotopic (exact) mass is 355 g/mol. The number of carbonyl (C=O) groups is 1. The van der Waals surface area contributed by atoms with Gasteiger partial charge in [0.1, 0.15) is 0 Å². The van der Waals surface area contributed by atoms with Gasteiger partial charge in [-0.1, -0.05) is 30.3 Å². The summed E-state index contributed by atoms with van der Waals surface area (Å²) in [6.07, 6.45) is 0. The van der Waals surface area contributed by atoms with Crippen LogP contribution in [0.15, 0.2) is 59.4 Å². The van der Waals surface area contributed by atoms with E-state index in [1.165, 1.54) is 6.07 Å². The minimum Gasteiger partial charge on any atom is -0.307 e. The molecule has 3 aromatic rings. The van der Waals surface area contributed by atoms with Crippen LogP contribution < -0.4 is 16.3 Å². The Kier molecular flexibility index (Phi) is 4.74. The molecule has 26 heavy (non-hydrogen) atoms. The summed E-state index contributed by atoms with van der Waals surface area (Å²) in [5, 5.41) is 12.3. The summed E-state index contributed by atoms with van der Waals surface area (Å²) in [5.41, 5.74) is 2.59. The number of carbonyl (C=O) groups excluding carboxylic acids is 1. The maximum atomic E-state index is 12.6. The molecular formula is C16H13N5O5. The fourth-order valence-corrected chi connectivity index (χ4v) is 2.28. The van der Waals surface area contributed by atoms with E-state index in [1.54, 1.807) is 48.5 Å². The number of anilines is 1. The van der Waals surface area contributed by atoms with Gasteiger partial charge in [0.05, 0.1) is 10.9 Å². The molecule has 2 aromatic carbocycles. The minimum atomic E-state index is -1.00. The van der Waals surface area contributed by atoms with Crippen LogP contribution in [-0.2, 0) is 11.4 Å². The smallest absolute Gasteiger partial charge is 0.307 e. The highest BCUT2D eigenvalue weighted by Crippen LogP contribution is 2.09. The van der Waals surface area contributed by atoms with Gasteiger partial charge < -0.3 is 10.2 Å². The lowest BCUT2D eigenvalue weighted by atomic mass is 10.2. The van der Waals surface area contributed by atoms with Crippen molar-refractivity contribution in [1.29, 1.82) is 0 Å². The Hall–Kier alpha value is -3.95. The predicted octanol–water partition coefficient (Wildman–Crippen LogP) is 1.88. The number of aromatic nitrogens is 2. The Bertz CT molecular complexity index is 1020. The van der Waals surface area contributed by atoms with Crippen LogP contribution in [0, 0.1) is 10.1 Å². The maximum absolute atomic E-state index is 12.6. The zero-order valence-electron chi connectivity index (χ0n) is 13.3. The number of urea groups is 1. The third-order valence-electron chi connectivity index (χ3n) is 3.39. The highest BCUT2D eigenvalue weighted by molar-refractivity contribution is 5.95. The van der Waals surface area contributed by atoms with Gasteiger partial charge in [-0.2, -0.15) is 4.68 Å². The van der Waals surface area contributed by atoms with Gasteiger partial charge in [0, 0.05) is 5.69 Å². The summed E-state index contributed by atoms with van der Waals surface area (Å²) in [6.45, 7) is -0.599. The fourth-order valence-electron chi connectivity index (χ4n) is 2.28. The molecule has 2 N–H and O–H groups in total. The first kappa shape index (κ1) is 16.9. The number of nitrogens with one attached hydrogen (secondary N) is 2. The zero-order chi connectivity index (χ0) is 18.5. The first-order valence-electron chi connectivity index (χ1n) is 7.45. The van der Waals surface area contributed by atoms with Crippen molar-refractivity contribution in [3.8, 4) is 0 Å². The molecule has 132 valence electrons. The first-order valence-corrected chi connectivity index (χ1v) is 7.45. The van der Waals surface area contributed by atoms with Gasteiger partial charge in [-0.25, -0.2) is 15.2 Å². The van der Waals surface area contributed by atoms with Gasteiger partial charge in [-0.15, -0.1) is 10.1 Å². The molecule has 0 aliphatic heterocycles. The third kappa shape index (κ3) is 3.75. The second-order valence-corrected chi connectivity index (χ2v) is 5.11. The van der Waals surface area contributed by atoms with Crippen LogP contribution in [0.1, 0.15) is 5.82 Å². The summed E-state index contributed by atoms with van der Waals surface area (Å²) in [5.74, 6) is -0.117. The largest absolute Gasteiger partial charge is 0.338 e. The number of para-hydroxylation sites is 2. The summed E-state index contributed by atoms with van der Waals surface area (Å²) in [7, 11) is 0. The van der Waals surface area contributed by atoms with Crippen molar-refractivity contribution in [2.75, 3.05) is 10.7 Å². The maximum Gasteiger partial charge on any atom is 0.338 e. The Balaban J connectivity index is 1.95. The number of benzene rings is 2. The Morgan fingerprint density at radius 1 is 1.15 bits per heavy atom. The molecule has 0 spiro atoms. The number of hydrogen-bond donors (Lipinski definition) is 2.